The van der Waals surface area contributed by atoms with Crippen molar-refractivity contribution in [2.75, 3.05) is 26.3 Å². The Morgan fingerprint density at radius 1 is 1.31 bits per heavy atom. The molecule has 0 bridgehead atoms. The predicted molar refractivity (Wildman–Crippen MR) is 101 cm³/mol. The van der Waals surface area contributed by atoms with Crippen LogP contribution in [0.1, 0.15) is 30.8 Å². The number of amides is 1. The summed E-state index contributed by atoms with van der Waals surface area (Å²) in [5, 5.41) is 11.7. The predicted octanol–water partition coefficient (Wildman–Crippen LogP) is 3.40. The summed E-state index contributed by atoms with van der Waals surface area (Å²) in [6.07, 6.45) is 0.654. The summed E-state index contributed by atoms with van der Waals surface area (Å²) < 4.78 is 5.32. The molecule has 0 saturated heterocycles. The van der Waals surface area contributed by atoms with E-state index in [1.165, 1.54) is 11.3 Å². The van der Waals surface area contributed by atoms with Gasteiger partial charge in [-0.3, -0.25) is 9.59 Å². The molecule has 1 aromatic heterocycles. The van der Waals surface area contributed by atoms with Crippen LogP contribution in [0, 0.1) is 5.92 Å². The van der Waals surface area contributed by atoms with Crippen LogP contribution in [0.15, 0.2) is 35.7 Å². The Bertz CT molecular complexity index is 717. The van der Waals surface area contributed by atoms with Crippen molar-refractivity contribution < 1.29 is 19.4 Å². The molecule has 0 aliphatic carbocycles. The smallest absolute Gasteiger partial charge is 0.308 e. The van der Waals surface area contributed by atoms with E-state index in [0.29, 0.717) is 31.9 Å². The molecule has 0 fully saturated rings. The van der Waals surface area contributed by atoms with Crippen molar-refractivity contribution in [1.82, 2.24) is 9.88 Å². The lowest BCUT2D eigenvalue weighted by Gasteiger charge is -2.23. The number of aliphatic carboxylic acids is 1. The fourth-order valence-electron chi connectivity index (χ4n) is 2.43. The Kier molecular flexibility index (Phi) is 7.74. The van der Waals surface area contributed by atoms with Crippen LogP contribution >= 0.6 is 11.3 Å². The molecule has 7 heteroatoms. The first-order valence-corrected chi connectivity index (χ1v) is 9.51. The zero-order chi connectivity index (χ0) is 18.9. The van der Waals surface area contributed by atoms with Gasteiger partial charge in [-0.25, -0.2) is 4.98 Å². The van der Waals surface area contributed by atoms with Crippen molar-refractivity contribution in [3.05, 3.63) is 41.4 Å². The first-order valence-electron chi connectivity index (χ1n) is 8.63. The van der Waals surface area contributed by atoms with Gasteiger partial charge in [0.2, 0.25) is 0 Å². The SMILES string of the molecule is CCOCCCN(CC(C)C(=O)O)C(=O)c1csc(-c2ccccc2)n1. The van der Waals surface area contributed by atoms with Crippen molar-refractivity contribution in [3.8, 4) is 10.6 Å². The summed E-state index contributed by atoms with van der Waals surface area (Å²) in [6.45, 7) is 5.25. The van der Waals surface area contributed by atoms with E-state index in [1.807, 2.05) is 37.3 Å². The van der Waals surface area contributed by atoms with Crippen molar-refractivity contribution in [2.45, 2.75) is 20.3 Å². The monoisotopic (exact) mass is 376 g/mol. The molecule has 0 radical (unpaired) electrons. The summed E-state index contributed by atoms with van der Waals surface area (Å²) >= 11 is 1.41. The summed E-state index contributed by atoms with van der Waals surface area (Å²) in [7, 11) is 0. The van der Waals surface area contributed by atoms with Gasteiger partial charge in [-0.15, -0.1) is 11.3 Å². The number of thiazole rings is 1. The van der Waals surface area contributed by atoms with E-state index in [-0.39, 0.29) is 12.5 Å². The van der Waals surface area contributed by atoms with Crippen molar-refractivity contribution in [1.29, 1.82) is 0 Å². The lowest BCUT2D eigenvalue weighted by atomic mass is 10.1. The maximum Gasteiger partial charge on any atom is 0.308 e. The Labute approximate surface area is 157 Å². The number of nitrogens with zero attached hydrogens (tertiary/aromatic N) is 2. The molecule has 0 spiro atoms. The number of hydrogen-bond donors (Lipinski definition) is 1. The quantitative estimate of drug-likeness (QED) is 0.643. The first kappa shape index (κ1) is 20.1. The van der Waals surface area contributed by atoms with Crippen LogP contribution < -0.4 is 0 Å². The van der Waals surface area contributed by atoms with Crippen LogP contribution in [-0.4, -0.2) is 53.2 Å². The molecular formula is C19H24N2O4S. The molecule has 1 aromatic carbocycles. The number of carbonyl (C=O) groups is 2. The largest absolute Gasteiger partial charge is 0.481 e. The van der Waals surface area contributed by atoms with Crippen LogP contribution in [-0.2, 0) is 9.53 Å². The highest BCUT2D eigenvalue weighted by Gasteiger charge is 2.23. The van der Waals surface area contributed by atoms with Crippen molar-refractivity contribution >= 4 is 23.2 Å². The summed E-state index contributed by atoms with van der Waals surface area (Å²) in [6, 6.07) is 9.66. The van der Waals surface area contributed by atoms with E-state index >= 15 is 0 Å². The maximum atomic E-state index is 12.8. The van der Waals surface area contributed by atoms with Crippen LogP contribution in [0.25, 0.3) is 10.6 Å². The molecule has 2 rings (SSSR count). The number of carbonyl (C=O) groups excluding carboxylic acids is 1. The van der Waals surface area contributed by atoms with Gasteiger partial charge in [0, 0.05) is 37.2 Å². The highest BCUT2D eigenvalue weighted by molar-refractivity contribution is 7.13. The standard InChI is InChI=1S/C19H24N2O4S/c1-3-25-11-7-10-21(12-14(2)19(23)24)18(22)16-13-26-17(20-16)15-8-5-4-6-9-15/h4-6,8-9,13-14H,3,7,10-12H2,1-2H3,(H,23,24). The van der Waals surface area contributed by atoms with Gasteiger partial charge >= 0.3 is 5.97 Å². The van der Waals surface area contributed by atoms with E-state index in [9.17, 15) is 9.59 Å². The topological polar surface area (TPSA) is 79.7 Å². The zero-order valence-corrected chi connectivity index (χ0v) is 15.9. The maximum absolute atomic E-state index is 12.8. The normalized spacial score (nSPS) is 11.9. The van der Waals surface area contributed by atoms with Gasteiger partial charge in [0.1, 0.15) is 10.7 Å². The van der Waals surface area contributed by atoms with Gasteiger partial charge in [-0.2, -0.15) is 0 Å². The Morgan fingerprint density at radius 3 is 2.69 bits per heavy atom. The minimum absolute atomic E-state index is 0.151. The van der Waals surface area contributed by atoms with E-state index in [1.54, 1.807) is 17.2 Å². The number of carboxylic acid groups (broad SMARTS) is 1. The minimum Gasteiger partial charge on any atom is -0.481 e. The van der Waals surface area contributed by atoms with Crippen LogP contribution in [0.4, 0.5) is 0 Å². The number of hydrogen-bond acceptors (Lipinski definition) is 5. The molecule has 0 aliphatic rings. The molecule has 1 unspecified atom stereocenters. The molecule has 1 N–H and O–H groups in total. The zero-order valence-electron chi connectivity index (χ0n) is 15.1. The van der Waals surface area contributed by atoms with E-state index in [0.717, 1.165) is 10.6 Å². The average molecular weight is 376 g/mol. The van der Waals surface area contributed by atoms with Gasteiger partial charge in [-0.05, 0) is 13.3 Å². The van der Waals surface area contributed by atoms with Crippen LogP contribution in [0.3, 0.4) is 0 Å². The third-order valence-corrected chi connectivity index (χ3v) is 4.76. The molecule has 0 aliphatic heterocycles. The molecule has 140 valence electrons. The first-order chi connectivity index (χ1) is 12.5. The fourth-order valence-corrected chi connectivity index (χ4v) is 3.23. The second-order valence-corrected chi connectivity index (χ2v) is 6.80. The van der Waals surface area contributed by atoms with Crippen LogP contribution in [0.2, 0.25) is 0 Å². The number of carboxylic acids is 1. The van der Waals surface area contributed by atoms with E-state index in [2.05, 4.69) is 4.98 Å². The Morgan fingerprint density at radius 2 is 2.04 bits per heavy atom. The second kappa shape index (κ2) is 10.0. The van der Waals surface area contributed by atoms with Gasteiger partial charge in [-0.1, -0.05) is 37.3 Å². The molecular weight excluding hydrogens is 352 g/mol. The Balaban J connectivity index is 2.11. The molecule has 1 amide bonds. The van der Waals surface area contributed by atoms with Crippen LogP contribution in [0.5, 0.6) is 0 Å². The van der Waals surface area contributed by atoms with Crippen molar-refractivity contribution in [2.24, 2.45) is 5.92 Å². The molecule has 6 nitrogen and oxygen atoms in total. The Hall–Kier alpha value is -2.25. The van der Waals surface area contributed by atoms with E-state index < -0.39 is 11.9 Å². The molecule has 1 heterocycles. The highest BCUT2D eigenvalue weighted by atomic mass is 32.1. The number of rotatable bonds is 10. The number of ether oxygens (including phenoxy) is 1. The van der Waals surface area contributed by atoms with Gasteiger partial charge in [0.15, 0.2) is 0 Å². The lowest BCUT2D eigenvalue weighted by molar-refractivity contribution is -0.141. The van der Waals surface area contributed by atoms with Gasteiger partial charge < -0.3 is 14.7 Å². The highest BCUT2D eigenvalue weighted by Crippen LogP contribution is 2.24. The third kappa shape index (κ3) is 5.64. The number of aromatic nitrogens is 1. The minimum atomic E-state index is -0.920. The second-order valence-electron chi connectivity index (χ2n) is 5.94. The van der Waals surface area contributed by atoms with Gasteiger partial charge in [0.25, 0.3) is 5.91 Å². The van der Waals surface area contributed by atoms with Gasteiger partial charge in [0.05, 0.1) is 5.92 Å². The summed E-state index contributed by atoms with van der Waals surface area (Å²) in [5.74, 6) is -1.80. The third-order valence-electron chi connectivity index (χ3n) is 3.87. The molecule has 0 saturated carbocycles. The fraction of sp³-hybridized carbons (Fsp3) is 0.421. The lowest BCUT2D eigenvalue weighted by Crippen LogP contribution is -2.38. The average Bonchev–Trinajstić information content (AvgIpc) is 3.14. The number of benzene rings is 1. The van der Waals surface area contributed by atoms with E-state index in [4.69, 9.17) is 9.84 Å². The molecule has 26 heavy (non-hydrogen) atoms. The molecule has 1 atom stereocenters. The van der Waals surface area contributed by atoms with Crippen molar-refractivity contribution in [3.63, 3.8) is 0 Å². The molecule has 2 aromatic rings. The summed E-state index contributed by atoms with van der Waals surface area (Å²) in [4.78, 5) is 30.0. The summed E-state index contributed by atoms with van der Waals surface area (Å²) in [5.41, 5.74) is 1.31.